The zero-order valence-corrected chi connectivity index (χ0v) is 21.4. The molecule has 4 aromatic rings. The molecule has 5 rings (SSSR count). The molecule has 1 heterocycles. The van der Waals surface area contributed by atoms with E-state index in [1.54, 1.807) is 0 Å². The number of hydrogen-bond acceptors (Lipinski definition) is 4. The van der Waals surface area contributed by atoms with Crippen molar-refractivity contribution in [3.63, 3.8) is 0 Å². The van der Waals surface area contributed by atoms with Gasteiger partial charge in [0.1, 0.15) is 12.6 Å². The van der Waals surface area contributed by atoms with Crippen molar-refractivity contribution in [1.29, 1.82) is 0 Å². The minimum Gasteiger partial charge on any atom is -0.449 e. The monoisotopic (exact) mass is 510 g/mol. The van der Waals surface area contributed by atoms with Crippen LogP contribution in [-0.4, -0.2) is 42.7 Å². The molecule has 0 bridgehead atoms. The molecule has 5 N–H and O–H groups in total. The van der Waals surface area contributed by atoms with Gasteiger partial charge in [-0.3, -0.25) is 4.79 Å². The predicted molar refractivity (Wildman–Crippen MR) is 150 cm³/mol. The quantitative estimate of drug-likeness (QED) is 0.216. The number of ether oxygens (including phenoxy) is 1. The van der Waals surface area contributed by atoms with Crippen LogP contribution in [0.1, 0.15) is 41.9 Å². The van der Waals surface area contributed by atoms with E-state index in [4.69, 9.17) is 10.5 Å². The van der Waals surface area contributed by atoms with Gasteiger partial charge >= 0.3 is 6.09 Å². The molecule has 1 atom stereocenters. The first-order chi connectivity index (χ1) is 18.7. The van der Waals surface area contributed by atoms with Crippen LogP contribution in [0.5, 0.6) is 0 Å². The molecular formula is C31H34N4O3. The lowest BCUT2D eigenvalue weighted by Gasteiger charge is -2.20. The molecule has 2 amide bonds. The summed E-state index contributed by atoms with van der Waals surface area (Å²) in [4.78, 5) is 29.1. The van der Waals surface area contributed by atoms with Crippen LogP contribution in [0.2, 0.25) is 0 Å². The summed E-state index contributed by atoms with van der Waals surface area (Å²) < 4.78 is 5.68. The molecule has 1 aromatic heterocycles. The van der Waals surface area contributed by atoms with Crippen molar-refractivity contribution < 1.29 is 14.3 Å². The maximum absolute atomic E-state index is 13.0. The van der Waals surface area contributed by atoms with E-state index in [-0.39, 0.29) is 18.4 Å². The number of carbonyl (C=O) groups is 2. The van der Waals surface area contributed by atoms with Crippen LogP contribution in [0.15, 0.2) is 79.0 Å². The zero-order valence-electron chi connectivity index (χ0n) is 21.4. The van der Waals surface area contributed by atoms with Crippen LogP contribution in [0.25, 0.3) is 22.0 Å². The number of unbranched alkanes of at least 4 members (excludes halogenated alkanes) is 1. The summed E-state index contributed by atoms with van der Waals surface area (Å²) in [7, 11) is 0. The Morgan fingerprint density at radius 1 is 0.921 bits per heavy atom. The van der Waals surface area contributed by atoms with Crippen LogP contribution in [0, 0.1) is 0 Å². The molecule has 7 nitrogen and oxygen atoms in total. The maximum Gasteiger partial charge on any atom is 0.407 e. The molecule has 38 heavy (non-hydrogen) atoms. The zero-order chi connectivity index (χ0) is 26.3. The van der Waals surface area contributed by atoms with Gasteiger partial charge in [-0.25, -0.2) is 4.79 Å². The fraction of sp³-hybridized carbons (Fsp3) is 0.290. The van der Waals surface area contributed by atoms with Gasteiger partial charge in [-0.15, -0.1) is 0 Å². The lowest BCUT2D eigenvalue weighted by Crippen LogP contribution is -2.47. The molecule has 0 radical (unpaired) electrons. The minimum absolute atomic E-state index is 0.0335. The topological polar surface area (TPSA) is 109 Å². The number of nitrogens with two attached hydrogens (primary N) is 1. The first kappa shape index (κ1) is 25.5. The highest BCUT2D eigenvalue weighted by Crippen LogP contribution is 2.44. The van der Waals surface area contributed by atoms with E-state index in [2.05, 4.69) is 45.9 Å². The molecule has 0 saturated heterocycles. The maximum atomic E-state index is 13.0. The van der Waals surface area contributed by atoms with Crippen LogP contribution in [0.3, 0.4) is 0 Å². The molecule has 0 fully saturated rings. The molecule has 0 unspecified atom stereocenters. The summed E-state index contributed by atoms with van der Waals surface area (Å²) in [5.41, 5.74) is 12.5. The highest BCUT2D eigenvalue weighted by atomic mass is 16.5. The van der Waals surface area contributed by atoms with Crippen molar-refractivity contribution in [2.75, 3.05) is 19.7 Å². The van der Waals surface area contributed by atoms with Crippen molar-refractivity contribution in [3.05, 3.63) is 95.7 Å². The molecule has 1 aliphatic rings. The third kappa shape index (κ3) is 5.58. The molecule has 0 spiro atoms. The second-order valence-corrected chi connectivity index (χ2v) is 9.71. The number of benzene rings is 3. The molecule has 1 aliphatic carbocycles. The third-order valence-electron chi connectivity index (χ3n) is 7.27. The Balaban J connectivity index is 1.18. The van der Waals surface area contributed by atoms with Crippen LogP contribution in [0.4, 0.5) is 4.79 Å². The van der Waals surface area contributed by atoms with Gasteiger partial charge in [-0.2, -0.15) is 0 Å². The summed E-state index contributed by atoms with van der Waals surface area (Å²) in [6.07, 6.45) is 4.10. The number of aromatic nitrogens is 1. The predicted octanol–water partition coefficient (Wildman–Crippen LogP) is 4.86. The van der Waals surface area contributed by atoms with Gasteiger partial charge in [0.25, 0.3) is 0 Å². The van der Waals surface area contributed by atoms with Crippen LogP contribution in [-0.2, 0) is 16.0 Å². The minimum atomic E-state index is -0.680. The van der Waals surface area contributed by atoms with E-state index >= 15 is 0 Å². The van der Waals surface area contributed by atoms with Gasteiger partial charge in [0, 0.05) is 29.6 Å². The first-order valence-corrected chi connectivity index (χ1v) is 13.3. The van der Waals surface area contributed by atoms with Crippen molar-refractivity contribution in [2.45, 2.75) is 37.6 Å². The number of nitrogens with one attached hydrogen (secondary N) is 3. The molecule has 7 heteroatoms. The van der Waals surface area contributed by atoms with Gasteiger partial charge in [0.15, 0.2) is 0 Å². The van der Waals surface area contributed by atoms with E-state index in [1.807, 2.05) is 48.7 Å². The Morgan fingerprint density at radius 3 is 2.34 bits per heavy atom. The molecule has 0 saturated carbocycles. The largest absolute Gasteiger partial charge is 0.449 e. The standard InChI is InChI=1S/C31H34N4O3/c32-17-8-7-15-29(30(36)33-18-16-21-19-34-28-14-6-5-9-22(21)28)35-31(37)38-20-27-25-12-3-1-10-23(25)24-11-2-4-13-26(24)27/h1-6,9-14,19,27,29,34H,7-8,15-18,20,32H2,(H,33,36)(H,35,37)/t29-/m0/s1. The number of rotatable bonds is 11. The van der Waals surface area contributed by atoms with Crippen molar-refractivity contribution in [2.24, 2.45) is 5.73 Å². The Labute approximate surface area is 222 Å². The second-order valence-electron chi connectivity index (χ2n) is 9.71. The normalized spacial score (nSPS) is 13.1. The number of hydrogen-bond donors (Lipinski definition) is 4. The van der Waals surface area contributed by atoms with Gasteiger partial charge in [-0.1, -0.05) is 66.7 Å². The Hall–Kier alpha value is -4.10. The third-order valence-corrected chi connectivity index (χ3v) is 7.27. The van der Waals surface area contributed by atoms with Gasteiger partial charge in [-0.05, 0) is 66.1 Å². The fourth-order valence-electron chi connectivity index (χ4n) is 5.33. The summed E-state index contributed by atoms with van der Waals surface area (Å²) in [6, 6.07) is 23.8. The fourth-order valence-corrected chi connectivity index (χ4v) is 5.33. The number of alkyl carbamates (subject to hydrolysis) is 1. The van der Waals surface area contributed by atoms with E-state index in [0.717, 1.165) is 40.4 Å². The Bertz CT molecular complexity index is 1370. The molecular weight excluding hydrogens is 476 g/mol. The first-order valence-electron chi connectivity index (χ1n) is 13.3. The van der Waals surface area contributed by atoms with Gasteiger partial charge in [0.05, 0.1) is 0 Å². The molecule has 0 aliphatic heterocycles. The van der Waals surface area contributed by atoms with E-state index in [9.17, 15) is 9.59 Å². The smallest absolute Gasteiger partial charge is 0.407 e. The van der Waals surface area contributed by atoms with E-state index in [1.165, 1.54) is 11.1 Å². The van der Waals surface area contributed by atoms with Crippen molar-refractivity contribution >= 4 is 22.9 Å². The van der Waals surface area contributed by atoms with Crippen molar-refractivity contribution in [3.8, 4) is 11.1 Å². The van der Waals surface area contributed by atoms with E-state index in [0.29, 0.717) is 25.9 Å². The Kier molecular flexibility index (Phi) is 8.04. The summed E-state index contributed by atoms with van der Waals surface area (Å²) >= 11 is 0. The summed E-state index contributed by atoms with van der Waals surface area (Å²) in [5, 5.41) is 6.94. The van der Waals surface area contributed by atoms with Crippen LogP contribution < -0.4 is 16.4 Å². The lowest BCUT2D eigenvalue weighted by atomic mass is 9.98. The summed E-state index contributed by atoms with van der Waals surface area (Å²) in [5.74, 6) is -0.246. The average molecular weight is 511 g/mol. The number of amides is 2. The van der Waals surface area contributed by atoms with Crippen LogP contribution >= 0.6 is 0 Å². The second kappa shape index (κ2) is 12.0. The molecule has 3 aromatic carbocycles. The number of H-pyrrole nitrogens is 1. The number of carbonyl (C=O) groups excluding carboxylic acids is 2. The van der Waals surface area contributed by atoms with Gasteiger partial charge in [0.2, 0.25) is 5.91 Å². The molecule has 196 valence electrons. The number of aromatic amines is 1. The Morgan fingerprint density at radius 2 is 1.61 bits per heavy atom. The highest BCUT2D eigenvalue weighted by Gasteiger charge is 2.29. The van der Waals surface area contributed by atoms with Gasteiger partial charge < -0.3 is 26.1 Å². The average Bonchev–Trinajstić information content (AvgIpc) is 3.50. The lowest BCUT2D eigenvalue weighted by molar-refractivity contribution is -0.123. The number of fused-ring (bicyclic) bond motifs is 4. The summed E-state index contributed by atoms with van der Waals surface area (Å²) in [6.45, 7) is 1.22. The van der Waals surface area contributed by atoms with Crippen molar-refractivity contribution in [1.82, 2.24) is 15.6 Å². The SMILES string of the molecule is NCCCC[C@H](NC(=O)OCC1c2ccccc2-c2ccccc21)C(=O)NCCc1c[nH]c2ccccc12. The highest BCUT2D eigenvalue weighted by molar-refractivity contribution is 5.86. The number of para-hydroxylation sites is 1. The van der Waals surface area contributed by atoms with E-state index < -0.39 is 12.1 Å².